The number of anilines is 2. The number of carbonyl (C=O) groups excluding carboxylic acids is 2. The minimum atomic E-state index is -0.650. The largest absolute Gasteiger partial charge is 0.370 e. The van der Waals surface area contributed by atoms with Gasteiger partial charge in [0, 0.05) is 5.56 Å². The normalized spacial score (nSPS) is 17.1. The van der Waals surface area contributed by atoms with Crippen molar-refractivity contribution in [3.05, 3.63) is 23.8 Å². The number of amides is 1. The molecule has 84 valence electrons. The van der Waals surface area contributed by atoms with Crippen molar-refractivity contribution >= 4 is 23.1 Å². The van der Waals surface area contributed by atoms with Crippen LogP contribution in [0.5, 0.6) is 0 Å². The summed E-state index contributed by atoms with van der Waals surface area (Å²) in [5, 5.41) is 5.92. The summed E-state index contributed by atoms with van der Waals surface area (Å²) in [4.78, 5) is 22.9. The molecule has 1 aliphatic heterocycles. The summed E-state index contributed by atoms with van der Waals surface area (Å²) in [6, 6.07) is 5.21. The van der Waals surface area contributed by atoms with Crippen LogP contribution in [0, 0.1) is 0 Å². The Labute approximate surface area is 94.0 Å². The van der Waals surface area contributed by atoms with Gasteiger partial charge < -0.3 is 10.6 Å². The van der Waals surface area contributed by atoms with Crippen molar-refractivity contribution in [3.8, 4) is 0 Å². The van der Waals surface area contributed by atoms with E-state index in [1.807, 2.05) is 0 Å². The van der Waals surface area contributed by atoms with Crippen LogP contribution in [0.15, 0.2) is 18.2 Å². The highest BCUT2D eigenvalue weighted by molar-refractivity contribution is 6.06. The van der Waals surface area contributed by atoms with E-state index in [2.05, 4.69) is 10.6 Å². The summed E-state index contributed by atoms with van der Waals surface area (Å²) in [5.74, 6) is -0.0603. The molecule has 1 heterocycles. The van der Waals surface area contributed by atoms with Crippen LogP contribution in [0.2, 0.25) is 0 Å². The number of fused-ring (bicyclic) bond motifs is 1. The SMILES string of the molecule is CC(=O)c1ccc2c(c1)NC(C)(C)C(=O)N2. The second-order valence-corrected chi connectivity index (χ2v) is 4.52. The van der Waals surface area contributed by atoms with Gasteiger partial charge in [-0.05, 0) is 39.0 Å². The number of benzene rings is 1. The Hall–Kier alpha value is -1.84. The Balaban J connectivity index is 2.45. The van der Waals surface area contributed by atoms with Crippen molar-refractivity contribution in [2.75, 3.05) is 10.6 Å². The molecular formula is C12H14N2O2. The first-order valence-electron chi connectivity index (χ1n) is 5.15. The molecule has 0 atom stereocenters. The first-order valence-corrected chi connectivity index (χ1v) is 5.15. The van der Waals surface area contributed by atoms with Crippen LogP contribution >= 0.6 is 0 Å². The number of Topliss-reactive ketones (excluding diaryl/α,β-unsaturated/α-hetero) is 1. The van der Waals surface area contributed by atoms with Gasteiger partial charge in [0.25, 0.3) is 0 Å². The second-order valence-electron chi connectivity index (χ2n) is 4.52. The second kappa shape index (κ2) is 3.33. The van der Waals surface area contributed by atoms with E-state index < -0.39 is 5.54 Å². The maximum atomic E-state index is 11.7. The number of ketones is 1. The van der Waals surface area contributed by atoms with E-state index in [0.29, 0.717) is 11.3 Å². The van der Waals surface area contributed by atoms with Crippen molar-refractivity contribution in [3.63, 3.8) is 0 Å². The van der Waals surface area contributed by atoms with E-state index >= 15 is 0 Å². The summed E-state index contributed by atoms with van der Waals surface area (Å²) in [7, 11) is 0. The summed E-state index contributed by atoms with van der Waals surface area (Å²) in [6.45, 7) is 5.12. The fraction of sp³-hybridized carbons (Fsp3) is 0.333. The summed E-state index contributed by atoms with van der Waals surface area (Å²) >= 11 is 0. The predicted molar refractivity (Wildman–Crippen MR) is 62.8 cm³/mol. The van der Waals surface area contributed by atoms with Gasteiger partial charge in [0.1, 0.15) is 5.54 Å². The van der Waals surface area contributed by atoms with E-state index in [1.165, 1.54) is 6.92 Å². The highest BCUT2D eigenvalue weighted by Gasteiger charge is 2.32. The number of carbonyl (C=O) groups is 2. The standard InChI is InChI=1S/C12H14N2O2/c1-7(15)8-4-5-9-10(6-8)14-12(2,3)11(16)13-9/h4-6,14H,1-3H3,(H,13,16). The lowest BCUT2D eigenvalue weighted by atomic mass is 9.99. The Morgan fingerprint density at radius 3 is 2.56 bits per heavy atom. The Bertz CT molecular complexity index is 478. The Morgan fingerprint density at radius 1 is 1.25 bits per heavy atom. The molecule has 0 fully saturated rings. The molecule has 0 radical (unpaired) electrons. The highest BCUT2D eigenvalue weighted by atomic mass is 16.2. The van der Waals surface area contributed by atoms with E-state index in [9.17, 15) is 9.59 Å². The molecule has 0 spiro atoms. The lowest BCUT2D eigenvalue weighted by Crippen LogP contribution is -2.47. The zero-order valence-electron chi connectivity index (χ0n) is 9.55. The molecule has 4 heteroatoms. The zero-order chi connectivity index (χ0) is 11.9. The number of rotatable bonds is 1. The van der Waals surface area contributed by atoms with Crippen LogP contribution in [0.4, 0.5) is 11.4 Å². The molecule has 0 aliphatic carbocycles. The van der Waals surface area contributed by atoms with Crippen LogP contribution in [-0.4, -0.2) is 17.2 Å². The minimum Gasteiger partial charge on any atom is -0.370 e. The summed E-state index contributed by atoms with van der Waals surface area (Å²) in [5.41, 5.74) is 1.49. The maximum absolute atomic E-state index is 11.7. The van der Waals surface area contributed by atoms with Gasteiger partial charge in [-0.25, -0.2) is 0 Å². The van der Waals surface area contributed by atoms with Crippen molar-refractivity contribution in [1.29, 1.82) is 0 Å². The molecule has 2 rings (SSSR count). The first kappa shape index (κ1) is 10.7. The average Bonchev–Trinajstić information content (AvgIpc) is 2.18. The molecule has 1 aliphatic rings. The average molecular weight is 218 g/mol. The van der Waals surface area contributed by atoms with Crippen LogP contribution in [0.1, 0.15) is 31.1 Å². The molecule has 0 bridgehead atoms. The minimum absolute atomic E-state index is 0.0132. The molecule has 2 N–H and O–H groups in total. The maximum Gasteiger partial charge on any atom is 0.249 e. The van der Waals surface area contributed by atoms with E-state index in [0.717, 1.165) is 5.69 Å². The summed E-state index contributed by atoms with van der Waals surface area (Å²) < 4.78 is 0. The smallest absolute Gasteiger partial charge is 0.249 e. The lowest BCUT2D eigenvalue weighted by molar-refractivity contribution is -0.119. The molecule has 1 amide bonds. The van der Waals surface area contributed by atoms with Gasteiger partial charge >= 0.3 is 0 Å². The molecule has 4 nitrogen and oxygen atoms in total. The third-order valence-electron chi connectivity index (χ3n) is 2.69. The van der Waals surface area contributed by atoms with Gasteiger partial charge in [-0.3, -0.25) is 9.59 Å². The number of hydrogen-bond donors (Lipinski definition) is 2. The molecule has 0 aromatic heterocycles. The third-order valence-corrected chi connectivity index (χ3v) is 2.69. The summed E-state index contributed by atoms with van der Waals surface area (Å²) in [6.07, 6.45) is 0. The van der Waals surface area contributed by atoms with Crippen LogP contribution < -0.4 is 10.6 Å². The molecule has 0 saturated heterocycles. The van der Waals surface area contributed by atoms with Crippen molar-refractivity contribution in [2.45, 2.75) is 26.3 Å². The molecular weight excluding hydrogens is 204 g/mol. The number of hydrogen-bond acceptors (Lipinski definition) is 3. The van der Waals surface area contributed by atoms with Gasteiger partial charge in [-0.2, -0.15) is 0 Å². The van der Waals surface area contributed by atoms with Crippen LogP contribution in [0.3, 0.4) is 0 Å². The van der Waals surface area contributed by atoms with Crippen molar-refractivity contribution < 1.29 is 9.59 Å². The van der Waals surface area contributed by atoms with Gasteiger partial charge in [0.05, 0.1) is 11.4 Å². The van der Waals surface area contributed by atoms with Gasteiger partial charge in [-0.15, -0.1) is 0 Å². The fourth-order valence-electron chi connectivity index (χ4n) is 1.65. The topological polar surface area (TPSA) is 58.2 Å². The van der Waals surface area contributed by atoms with Gasteiger partial charge in [0.15, 0.2) is 5.78 Å². The van der Waals surface area contributed by atoms with E-state index in [4.69, 9.17) is 0 Å². The molecule has 0 saturated carbocycles. The molecule has 1 aromatic carbocycles. The molecule has 0 unspecified atom stereocenters. The Kier molecular flexibility index (Phi) is 2.22. The highest BCUT2D eigenvalue weighted by Crippen LogP contribution is 2.31. The fourth-order valence-corrected chi connectivity index (χ4v) is 1.65. The molecule has 1 aromatic rings. The third kappa shape index (κ3) is 1.66. The predicted octanol–water partition coefficient (Wildman–Crippen LogP) is 2.03. The lowest BCUT2D eigenvalue weighted by Gasteiger charge is -2.32. The van der Waals surface area contributed by atoms with Gasteiger partial charge in [-0.1, -0.05) is 0 Å². The molecule has 16 heavy (non-hydrogen) atoms. The van der Waals surface area contributed by atoms with Crippen molar-refractivity contribution in [2.24, 2.45) is 0 Å². The first-order chi connectivity index (χ1) is 7.40. The van der Waals surface area contributed by atoms with Crippen molar-refractivity contribution in [1.82, 2.24) is 0 Å². The van der Waals surface area contributed by atoms with E-state index in [1.54, 1.807) is 32.0 Å². The van der Waals surface area contributed by atoms with Gasteiger partial charge in [0.2, 0.25) is 5.91 Å². The zero-order valence-corrected chi connectivity index (χ0v) is 9.55. The quantitative estimate of drug-likeness (QED) is 0.709. The van der Waals surface area contributed by atoms with Crippen LogP contribution in [0.25, 0.3) is 0 Å². The van der Waals surface area contributed by atoms with Crippen LogP contribution in [-0.2, 0) is 4.79 Å². The monoisotopic (exact) mass is 218 g/mol. The number of nitrogens with one attached hydrogen (secondary N) is 2. The van der Waals surface area contributed by atoms with E-state index in [-0.39, 0.29) is 11.7 Å². The Morgan fingerprint density at radius 2 is 1.94 bits per heavy atom.